The molecule has 0 saturated carbocycles. The fourth-order valence-electron chi connectivity index (χ4n) is 5.30. The number of aryl methyl sites for hydroxylation is 2. The van der Waals surface area contributed by atoms with Crippen LogP contribution in [0.3, 0.4) is 0 Å². The summed E-state index contributed by atoms with van der Waals surface area (Å²) in [5.74, 6) is 0. The van der Waals surface area contributed by atoms with Crippen LogP contribution in [-0.2, 0) is 9.31 Å². The zero-order valence-corrected chi connectivity index (χ0v) is 21.9. The first-order valence-electron chi connectivity index (χ1n) is 12.7. The molecule has 4 aromatic carbocycles. The summed E-state index contributed by atoms with van der Waals surface area (Å²) in [4.78, 5) is 3.70. The van der Waals surface area contributed by atoms with Gasteiger partial charge in [-0.3, -0.25) is 0 Å². The van der Waals surface area contributed by atoms with Gasteiger partial charge >= 0.3 is 7.12 Å². The van der Waals surface area contributed by atoms with Gasteiger partial charge in [0.15, 0.2) is 0 Å². The number of hydrogen-bond acceptors (Lipinski definition) is 2. The van der Waals surface area contributed by atoms with Crippen LogP contribution in [0.2, 0.25) is 0 Å². The Hall–Kier alpha value is -3.34. The molecule has 180 valence electrons. The third-order valence-electron chi connectivity index (χ3n) is 8.16. The van der Waals surface area contributed by atoms with Gasteiger partial charge < -0.3 is 14.3 Å². The van der Waals surface area contributed by atoms with E-state index in [1.807, 2.05) is 0 Å². The van der Waals surface area contributed by atoms with Crippen molar-refractivity contribution in [2.75, 3.05) is 0 Å². The van der Waals surface area contributed by atoms with Gasteiger partial charge in [-0.25, -0.2) is 0 Å². The number of hydrogen-bond donors (Lipinski definition) is 1. The molecule has 4 heteroatoms. The monoisotopic (exact) mass is 473 g/mol. The number of fused-ring (bicyclic) bond motifs is 3. The second-order valence-electron chi connectivity index (χ2n) is 11.1. The van der Waals surface area contributed by atoms with E-state index in [9.17, 15) is 0 Å². The van der Waals surface area contributed by atoms with Crippen molar-refractivity contribution in [2.24, 2.45) is 0 Å². The van der Waals surface area contributed by atoms with Crippen molar-refractivity contribution in [3.63, 3.8) is 0 Å². The van der Waals surface area contributed by atoms with Crippen LogP contribution >= 0.6 is 0 Å². The Bertz CT molecular complexity index is 1610. The lowest BCUT2D eigenvalue weighted by atomic mass is 9.76. The molecule has 5 aromatic rings. The SMILES string of the molecule is Cc1ccccc1-c1ccc2[nH]c3c(B4OC(C)(C)C(C)(C)O4)cc(-c4ccccc4C)cc3c2c1. The van der Waals surface area contributed by atoms with Crippen molar-refractivity contribution in [2.45, 2.75) is 52.7 Å². The molecule has 3 nitrogen and oxygen atoms in total. The van der Waals surface area contributed by atoms with Crippen LogP contribution in [0, 0.1) is 13.8 Å². The highest BCUT2D eigenvalue weighted by atomic mass is 16.7. The number of nitrogens with one attached hydrogen (secondary N) is 1. The molecular weight excluding hydrogens is 441 g/mol. The van der Waals surface area contributed by atoms with Crippen molar-refractivity contribution in [1.82, 2.24) is 4.98 Å². The third-order valence-corrected chi connectivity index (χ3v) is 8.16. The number of rotatable bonds is 3. The second kappa shape index (κ2) is 8.09. The molecule has 36 heavy (non-hydrogen) atoms. The predicted octanol–water partition coefficient (Wildman–Crippen LogP) is 7.57. The first-order valence-corrected chi connectivity index (χ1v) is 12.7. The molecule has 0 amide bonds. The molecule has 0 bridgehead atoms. The van der Waals surface area contributed by atoms with E-state index in [1.165, 1.54) is 44.2 Å². The van der Waals surface area contributed by atoms with Gasteiger partial charge in [-0.15, -0.1) is 0 Å². The maximum absolute atomic E-state index is 6.54. The lowest BCUT2D eigenvalue weighted by molar-refractivity contribution is 0.00578. The first kappa shape index (κ1) is 23.1. The van der Waals surface area contributed by atoms with Crippen molar-refractivity contribution in [3.8, 4) is 22.3 Å². The van der Waals surface area contributed by atoms with Crippen LogP contribution in [0.5, 0.6) is 0 Å². The van der Waals surface area contributed by atoms with Gasteiger partial charge in [0.05, 0.1) is 11.2 Å². The minimum Gasteiger partial charge on any atom is -0.399 e. The summed E-state index contributed by atoms with van der Waals surface area (Å²) in [6.07, 6.45) is 0. The summed E-state index contributed by atoms with van der Waals surface area (Å²) in [5, 5.41) is 2.39. The summed E-state index contributed by atoms with van der Waals surface area (Å²) in [5.41, 5.74) is 9.80. The van der Waals surface area contributed by atoms with Gasteiger partial charge in [-0.05, 0) is 93.1 Å². The molecule has 1 fully saturated rings. The second-order valence-corrected chi connectivity index (χ2v) is 11.1. The van der Waals surface area contributed by atoms with E-state index in [0.29, 0.717) is 0 Å². The molecule has 1 aliphatic rings. The molecule has 1 saturated heterocycles. The van der Waals surface area contributed by atoms with Crippen molar-refractivity contribution in [3.05, 3.63) is 90.0 Å². The summed E-state index contributed by atoms with van der Waals surface area (Å²) in [7, 11) is -0.453. The zero-order chi connectivity index (χ0) is 25.2. The normalized spacial score (nSPS) is 16.8. The van der Waals surface area contributed by atoms with Gasteiger partial charge in [0, 0.05) is 27.3 Å². The van der Waals surface area contributed by atoms with Gasteiger partial charge in [0.25, 0.3) is 0 Å². The highest BCUT2D eigenvalue weighted by Gasteiger charge is 2.52. The molecule has 1 aliphatic heterocycles. The Kier molecular flexibility index (Phi) is 5.19. The lowest BCUT2D eigenvalue weighted by Gasteiger charge is -2.32. The molecule has 0 aliphatic carbocycles. The molecule has 1 aromatic heterocycles. The van der Waals surface area contributed by atoms with E-state index in [0.717, 1.165) is 16.5 Å². The standard InChI is InChI=1S/C32H32BNO2/c1-20-11-7-9-13-24(20)22-15-16-29-26(17-22)27-18-23(25-14-10-8-12-21(25)2)19-28(30(27)34-29)33-35-31(3,4)32(5,6)36-33/h7-19,34H,1-6H3. The van der Waals surface area contributed by atoms with Crippen LogP contribution in [0.25, 0.3) is 44.1 Å². The number of H-pyrrole nitrogens is 1. The summed E-state index contributed by atoms with van der Waals surface area (Å²) in [6, 6.07) is 28.4. The lowest BCUT2D eigenvalue weighted by Crippen LogP contribution is -2.41. The Morgan fingerprint density at radius 1 is 0.639 bits per heavy atom. The molecular formula is C32H32BNO2. The zero-order valence-electron chi connectivity index (χ0n) is 21.9. The number of benzene rings is 4. The van der Waals surface area contributed by atoms with Crippen molar-refractivity contribution < 1.29 is 9.31 Å². The topological polar surface area (TPSA) is 34.2 Å². The Balaban J connectivity index is 1.62. The van der Waals surface area contributed by atoms with Crippen LogP contribution < -0.4 is 5.46 Å². The maximum atomic E-state index is 6.54. The van der Waals surface area contributed by atoms with Crippen LogP contribution in [0.4, 0.5) is 0 Å². The van der Waals surface area contributed by atoms with Gasteiger partial charge in [-0.1, -0.05) is 60.7 Å². The van der Waals surface area contributed by atoms with Crippen LogP contribution in [0.1, 0.15) is 38.8 Å². The minimum atomic E-state index is -0.453. The maximum Gasteiger partial charge on any atom is 0.497 e. The smallest absolute Gasteiger partial charge is 0.399 e. The fraction of sp³-hybridized carbons (Fsp3) is 0.250. The van der Waals surface area contributed by atoms with E-state index in [4.69, 9.17) is 9.31 Å². The summed E-state index contributed by atoms with van der Waals surface area (Å²) >= 11 is 0. The molecule has 0 atom stereocenters. The van der Waals surface area contributed by atoms with Crippen molar-refractivity contribution in [1.29, 1.82) is 0 Å². The fourth-order valence-corrected chi connectivity index (χ4v) is 5.30. The number of aromatic amines is 1. The van der Waals surface area contributed by atoms with Crippen molar-refractivity contribution >= 4 is 34.4 Å². The highest BCUT2D eigenvalue weighted by molar-refractivity contribution is 6.65. The Morgan fingerprint density at radius 3 is 1.81 bits per heavy atom. The van der Waals surface area contributed by atoms with E-state index in [-0.39, 0.29) is 0 Å². The quantitative estimate of drug-likeness (QED) is 0.274. The minimum absolute atomic E-state index is 0.410. The highest BCUT2D eigenvalue weighted by Crippen LogP contribution is 2.39. The van der Waals surface area contributed by atoms with Gasteiger partial charge in [0.2, 0.25) is 0 Å². The van der Waals surface area contributed by atoms with Gasteiger partial charge in [0.1, 0.15) is 0 Å². The molecule has 2 heterocycles. The average Bonchev–Trinajstić information content (AvgIpc) is 3.31. The van der Waals surface area contributed by atoms with Crippen LogP contribution in [-0.4, -0.2) is 23.3 Å². The van der Waals surface area contributed by atoms with E-state index < -0.39 is 18.3 Å². The molecule has 6 rings (SSSR count). The molecule has 0 unspecified atom stereocenters. The Morgan fingerprint density at radius 2 is 1.19 bits per heavy atom. The molecule has 0 spiro atoms. The average molecular weight is 473 g/mol. The van der Waals surface area contributed by atoms with Crippen LogP contribution in [0.15, 0.2) is 78.9 Å². The number of aromatic nitrogens is 1. The van der Waals surface area contributed by atoms with E-state index in [2.05, 4.69) is 125 Å². The summed E-state index contributed by atoms with van der Waals surface area (Å²) in [6.45, 7) is 12.8. The van der Waals surface area contributed by atoms with Gasteiger partial charge in [-0.2, -0.15) is 0 Å². The molecule has 1 N–H and O–H groups in total. The Labute approximate surface area is 213 Å². The van der Waals surface area contributed by atoms with E-state index in [1.54, 1.807) is 0 Å². The third kappa shape index (κ3) is 3.59. The largest absolute Gasteiger partial charge is 0.497 e. The van der Waals surface area contributed by atoms with E-state index >= 15 is 0 Å². The predicted molar refractivity (Wildman–Crippen MR) is 152 cm³/mol. The molecule has 0 radical (unpaired) electrons. The summed E-state index contributed by atoms with van der Waals surface area (Å²) < 4.78 is 13.1. The first-order chi connectivity index (χ1) is 17.1.